The highest BCUT2D eigenvalue weighted by Crippen LogP contribution is 2.60. The molecule has 0 radical (unpaired) electrons. The van der Waals surface area contributed by atoms with Crippen molar-refractivity contribution in [2.75, 3.05) is 0 Å². The summed E-state index contributed by atoms with van der Waals surface area (Å²) >= 11 is 0. The third-order valence-corrected chi connectivity index (χ3v) is 8.97. The Bertz CT molecular complexity index is 712. The van der Waals surface area contributed by atoms with Gasteiger partial charge in [0.15, 0.2) is 0 Å². The third kappa shape index (κ3) is 5.37. The van der Waals surface area contributed by atoms with Gasteiger partial charge in [0.25, 0.3) is 0 Å². The van der Waals surface area contributed by atoms with Gasteiger partial charge in [-0.3, -0.25) is 0 Å². The first-order valence-corrected chi connectivity index (χ1v) is 12.6. The second-order valence-electron chi connectivity index (χ2n) is 11.8. The van der Waals surface area contributed by atoms with Crippen molar-refractivity contribution in [2.24, 2.45) is 29.1 Å². The Balaban J connectivity index is 1.71. The van der Waals surface area contributed by atoms with E-state index in [1.807, 2.05) is 20.8 Å². The molecule has 3 N–H and O–H groups in total. The van der Waals surface area contributed by atoms with Crippen molar-refractivity contribution >= 4 is 0 Å². The molecular formula is C28H46O3. The van der Waals surface area contributed by atoms with Crippen LogP contribution in [0.4, 0.5) is 0 Å². The molecule has 3 nitrogen and oxygen atoms in total. The van der Waals surface area contributed by atoms with Crippen LogP contribution in [0.3, 0.4) is 0 Å². The molecule has 0 amide bonds. The molecule has 176 valence electrons. The molecule has 3 aliphatic rings. The summed E-state index contributed by atoms with van der Waals surface area (Å²) in [5.74, 6) is 1.94. The molecule has 0 bridgehead atoms. The predicted molar refractivity (Wildman–Crippen MR) is 129 cm³/mol. The van der Waals surface area contributed by atoms with Gasteiger partial charge in [0.2, 0.25) is 0 Å². The van der Waals surface area contributed by atoms with E-state index in [9.17, 15) is 15.3 Å². The zero-order chi connectivity index (χ0) is 23.0. The van der Waals surface area contributed by atoms with Gasteiger partial charge in [-0.25, -0.2) is 0 Å². The minimum absolute atomic E-state index is 0.149. The standard InChI is InChI=1S/C28H46O3/c1-18(9-7-15-27(4,5)31)23-13-14-24-21(10-8-16-28(23,24)6)11-12-22-17-25(29)20(3)26(30)19(22)2/h11-12,18,20,23-26,29-31H,2,7-10,13-17H2,1,3-6H3/b21-11+,22-12-/t18-,20-,23-,24+,25-,26-,28-/m1/s1. The van der Waals surface area contributed by atoms with E-state index in [0.717, 1.165) is 36.3 Å². The smallest absolute Gasteiger partial charge is 0.0837 e. The lowest BCUT2D eigenvalue weighted by molar-refractivity contribution is 0.0283. The predicted octanol–water partition coefficient (Wildman–Crippen LogP) is 5.95. The molecule has 31 heavy (non-hydrogen) atoms. The monoisotopic (exact) mass is 430 g/mol. The van der Waals surface area contributed by atoms with Gasteiger partial charge in [-0.05, 0) is 93.1 Å². The summed E-state index contributed by atoms with van der Waals surface area (Å²) in [6.45, 7) is 14.8. The Labute approximate surface area is 190 Å². The molecule has 0 heterocycles. The molecule has 3 rings (SSSR count). The Morgan fingerprint density at radius 1 is 1.23 bits per heavy atom. The largest absolute Gasteiger partial charge is 0.392 e. The maximum absolute atomic E-state index is 10.4. The van der Waals surface area contributed by atoms with Crippen LogP contribution in [-0.2, 0) is 0 Å². The summed E-state index contributed by atoms with van der Waals surface area (Å²) in [6, 6.07) is 0. The number of allylic oxidation sites excluding steroid dienone is 3. The highest BCUT2D eigenvalue weighted by Gasteiger charge is 2.50. The summed E-state index contributed by atoms with van der Waals surface area (Å²) in [7, 11) is 0. The quantitative estimate of drug-likeness (QED) is 0.488. The summed E-state index contributed by atoms with van der Waals surface area (Å²) < 4.78 is 0. The third-order valence-electron chi connectivity index (χ3n) is 8.97. The maximum atomic E-state index is 10.4. The van der Waals surface area contributed by atoms with Gasteiger partial charge < -0.3 is 15.3 Å². The van der Waals surface area contributed by atoms with Crippen LogP contribution in [0.1, 0.15) is 92.4 Å². The lowest BCUT2D eigenvalue weighted by Gasteiger charge is -2.44. The van der Waals surface area contributed by atoms with Crippen LogP contribution in [0.15, 0.2) is 35.5 Å². The molecule has 0 aromatic rings. The van der Waals surface area contributed by atoms with Crippen LogP contribution in [0.25, 0.3) is 0 Å². The number of fused-ring (bicyclic) bond motifs is 1. The molecule has 3 saturated carbocycles. The Morgan fingerprint density at radius 3 is 2.61 bits per heavy atom. The molecule has 0 saturated heterocycles. The van der Waals surface area contributed by atoms with Crippen molar-refractivity contribution in [2.45, 2.75) is 110 Å². The second-order valence-corrected chi connectivity index (χ2v) is 11.8. The Hall–Kier alpha value is -0.900. The van der Waals surface area contributed by atoms with Gasteiger partial charge in [0.05, 0.1) is 17.8 Å². The van der Waals surface area contributed by atoms with E-state index in [1.54, 1.807) is 5.57 Å². The maximum Gasteiger partial charge on any atom is 0.0837 e. The van der Waals surface area contributed by atoms with Crippen molar-refractivity contribution in [1.29, 1.82) is 0 Å². The van der Waals surface area contributed by atoms with E-state index in [1.165, 1.54) is 32.1 Å². The van der Waals surface area contributed by atoms with Crippen LogP contribution in [0.2, 0.25) is 0 Å². The number of rotatable bonds is 6. The molecule has 3 fully saturated rings. The van der Waals surface area contributed by atoms with Gasteiger partial charge in [0.1, 0.15) is 0 Å². The van der Waals surface area contributed by atoms with Crippen LogP contribution < -0.4 is 0 Å². The van der Waals surface area contributed by atoms with Crippen molar-refractivity contribution < 1.29 is 15.3 Å². The number of aliphatic hydroxyl groups is 3. The SMILES string of the molecule is C=C1/C(=C\C=C2/CCC[C@]3(C)[C@@H]([C@H](C)CCCC(C)(C)O)CC[C@@H]23)C[C@@H](O)[C@@H](C)[C@@H]1O. The molecule has 3 aliphatic carbocycles. The van der Waals surface area contributed by atoms with Gasteiger partial charge >= 0.3 is 0 Å². The molecule has 0 aromatic carbocycles. The van der Waals surface area contributed by atoms with E-state index < -0.39 is 17.8 Å². The first kappa shape index (κ1) is 24.7. The first-order valence-electron chi connectivity index (χ1n) is 12.6. The summed E-state index contributed by atoms with van der Waals surface area (Å²) in [5, 5.41) is 30.7. The van der Waals surface area contributed by atoms with Crippen molar-refractivity contribution in [3.05, 3.63) is 35.5 Å². The molecule has 0 aliphatic heterocycles. The second kappa shape index (κ2) is 9.53. The van der Waals surface area contributed by atoms with E-state index in [0.29, 0.717) is 23.7 Å². The molecule has 0 aromatic heterocycles. The summed E-state index contributed by atoms with van der Waals surface area (Å²) in [5.41, 5.74) is 3.15. The number of hydrogen-bond donors (Lipinski definition) is 3. The first-order chi connectivity index (χ1) is 14.4. The van der Waals surface area contributed by atoms with Crippen molar-refractivity contribution in [1.82, 2.24) is 0 Å². The van der Waals surface area contributed by atoms with Crippen LogP contribution >= 0.6 is 0 Å². The molecule has 7 atom stereocenters. The minimum Gasteiger partial charge on any atom is -0.392 e. The van der Waals surface area contributed by atoms with E-state index in [2.05, 4.69) is 32.6 Å². The zero-order valence-corrected chi connectivity index (χ0v) is 20.5. The van der Waals surface area contributed by atoms with Gasteiger partial charge in [0, 0.05) is 5.92 Å². The van der Waals surface area contributed by atoms with Crippen LogP contribution in [0, 0.1) is 29.1 Å². The summed E-state index contributed by atoms with van der Waals surface area (Å²) in [6.07, 6.45) is 13.4. The van der Waals surface area contributed by atoms with Crippen molar-refractivity contribution in [3.8, 4) is 0 Å². The summed E-state index contributed by atoms with van der Waals surface area (Å²) in [4.78, 5) is 0. The molecule has 3 heteroatoms. The van der Waals surface area contributed by atoms with E-state index in [-0.39, 0.29) is 5.92 Å². The fraction of sp³-hybridized carbons (Fsp3) is 0.786. The molecule has 0 spiro atoms. The number of hydrogen-bond acceptors (Lipinski definition) is 3. The van der Waals surface area contributed by atoms with Gasteiger partial charge in [-0.15, -0.1) is 0 Å². The lowest BCUT2D eigenvalue weighted by Crippen LogP contribution is -2.36. The average Bonchev–Trinajstić information content (AvgIpc) is 3.04. The van der Waals surface area contributed by atoms with Gasteiger partial charge in [-0.1, -0.05) is 57.9 Å². The Morgan fingerprint density at radius 2 is 1.94 bits per heavy atom. The van der Waals surface area contributed by atoms with Crippen molar-refractivity contribution in [3.63, 3.8) is 0 Å². The minimum atomic E-state index is -0.648. The zero-order valence-electron chi connectivity index (χ0n) is 20.5. The molecular weight excluding hydrogens is 384 g/mol. The average molecular weight is 431 g/mol. The van der Waals surface area contributed by atoms with Crippen LogP contribution in [-0.4, -0.2) is 33.1 Å². The highest BCUT2D eigenvalue weighted by molar-refractivity contribution is 5.39. The molecule has 0 unspecified atom stereocenters. The highest BCUT2D eigenvalue weighted by atomic mass is 16.3. The fourth-order valence-corrected chi connectivity index (χ4v) is 6.91. The normalized spacial score (nSPS) is 40.4. The topological polar surface area (TPSA) is 60.7 Å². The van der Waals surface area contributed by atoms with E-state index in [4.69, 9.17) is 0 Å². The number of aliphatic hydroxyl groups excluding tert-OH is 2. The van der Waals surface area contributed by atoms with Crippen LogP contribution in [0.5, 0.6) is 0 Å². The fourth-order valence-electron chi connectivity index (χ4n) is 6.91. The van der Waals surface area contributed by atoms with E-state index >= 15 is 0 Å². The lowest BCUT2D eigenvalue weighted by atomic mass is 9.60. The Kier molecular flexibility index (Phi) is 7.61. The van der Waals surface area contributed by atoms with Gasteiger partial charge in [-0.2, -0.15) is 0 Å².